The summed E-state index contributed by atoms with van der Waals surface area (Å²) in [5.41, 5.74) is 3.66. The van der Waals surface area contributed by atoms with Crippen LogP contribution in [0.15, 0.2) is 66.1 Å². The van der Waals surface area contributed by atoms with Crippen molar-refractivity contribution >= 4 is 16.0 Å². The second-order valence-corrected chi connectivity index (χ2v) is 10.0. The van der Waals surface area contributed by atoms with Gasteiger partial charge in [0.2, 0.25) is 10.9 Å². The number of aromatic nitrogens is 4. The van der Waals surface area contributed by atoms with Crippen LogP contribution >= 0.6 is 0 Å². The van der Waals surface area contributed by atoms with E-state index in [1.807, 2.05) is 32.0 Å². The van der Waals surface area contributed by atoms with Gasteiger partial charge >= 0.3 is 5.97 Å². The summed E-state index contributed by atoms with van der Waals surface area (Å²) in [5.74, 6) is -1.47. The maximum absolute atomic E-state index is 14.1. The SMILES string of the molecule is CC(C)c1cccc(-c2ccnc(OCc3cccnc3-n3cc(F)c(S(N)(=O)=O)n3)c2)c1CC(=O)O. The van der Waals surface area contributed by atoms with E-state index in [9.17, 15) is 22.7 Å². The van der Waals surface area contributed by atoms with Crippen LogP contribution in [-0.2, 0) is 27.8 Å². The molecule has 0 unspecified atom stereocenters. The zero-order valence-electron chi connectivity index (χ0n) is 20.0. The Kier molecular flexibility index (Phi) is 7.32. The number of nitrogens with two attached hydrogens (primary N) is 1. The maximum Gasteiger partial charge on any atom is 0.307 e. The van der Waals surface area contributed by atoms with Crippen LogP contribution in [0.5, 0.6) is 5.88 Å². The standard InChI is InChI=1S/C25H24FN5O5S/c1-15(2)18-6-3-7-19(20(18)12-23(32)33)16-8-10-28-22(11-16)36-14-17-5-4-9-29-24(17)31-13-21(26)25(30-31)37(27,34)35/h3-11,13,15H,12,14H2,1-2H3,(H,32,33)(H2,27,34,35). The molecule has 0 aliphatic heterocycles. The molecule has 3 N–H and O–H groups in total. The molecule has 4 aromatic rings. The van der Waals surface area contributed by atoms with E-state index in [1.165, 1.54) is 6.20 Å². The number of carbonyl (C=O) groups is 1. The molecule has 3 aromatic heterocycles. The summed E-state index contributed by atoms with van der Waals surface area (Å²) >= 11 is 0. The summed E-state index contributed by atoms with van der Waals surface area (Å²) in [4.78, 5) is 20.0. The monoisotopic (exact) mass is 525 g/mol. The van der Waals surface area contributed by atoms with Crippen molar-refractivity contribution in [2.24, 2.45) is 5.14 Å². The first-order chi connectivity index (χ1) is 17.5. The van der Waals surface area contributed by atoms with Crippen LogP contribution in [0.4, 0.5) is 4.39 Å². The molecule has 0 spiro atoms. The quantitative estimate of drug-likeness (QED) is 0.337. The second-order valence-electron chi connectivity index (χ2n) is 8.53. The first kappa shape index (κ1) is 25.9. The highest BCUT2D eigenvalue weighted by Crippen LogP contribution is 2.32. The number of rotatable bonds is 9. The summed E-state index contributed by atoms with van der Waals surface area (Å²) in [7, 11) is -4.35. The second kappa shape index (κ2) is 10.4. The Morgan fingerprint density at radius 3 is 2.62 bits per heavy atom. The number of sulfonamides is 1. The summed E-state index contributed by atoms with van der Waals surface area (Å²) < 4.78 is 44.1. The molecule has 0 aliphatic rings. The van der Waals surface area contributed by atoms with E-state index in [1.54, 1.807) is 30.5 Å². The first-order valence-corrected chi connectivity index (χ1v) is 12.7. The number of aliphatic carboxylic acids is 1. The molecular formula is C25H24FN5O5S. The van der Waals surface area contributed by atoms with Gasteiger partial charge in [-0.15, -0.1) is 5.10 Å². The van der Waals surface area contributed by atoms with Crippen molar-refractivity contribution in [2.75, 3.05) is 0 Å². The van der Waals surface area contributed by atoms with Gasteiger partial charge in [0.1, 0.15) is 6.61 Å². The highest BCUT2D eigenvalue weighted by Gasteiger charge is 2.22. The van der Waals surface area contributed by atoms with Crippen LogP contribution in [0.3, 0.4) is 0 Å². The van der Waals surface area contributed by atoms with E-state index in [2.05, 4.69) is 15.1 Å². The lowest BCUT2D eigenvalue weighted by molar-refractivity contribution is -0.136. The van der Waals surface area contributed by atoms with Gasteiger partial charge in [-0.3, -0.25) is 4.79 Å². The molecule has 12 heteroatoms. The lowest BCUT2D eigenvalue weighted by atomic mass is 9.89. The Bertz CT molecular complexity index is 1570. The van der Waals surface area contributed by atoms with E-state index < -0.39 is 26.8 Å². The Labute approximate surface area is 212 Å². The molecular weight excluding hydrogens is 501 g/mol. The van der Waals surface area contributed by atoms with E-state index >= 15 is 0 Å². The van der Waals surface area contributed by atoms with Crippen molar-refractivity contribution in [1.82, 2.24) is 19.7 Å². The number of halogens is 1. The first-order valence-electron chi connectivity index (χ1n) is 11.2. The molecule has 37 heavy (non-hydrogen) atoms. The minimum absolute atomic E-state index is 0.0418. The van der Waals surface area contributed by atoms with Crippen LogP contribution in [0.25, 0.3) is 16.9 Å². The molecule has 192 valence electrons. The van der Waals surface area contributed by atoms with Crippen LogP contribution in [0.2, 0.25) is 0 Å². The molecule has 0 radical (unpaired) electrons. The summed E-state index contributed by atoms with van der Waals surface area (Å²) in [5, 5.41) is 17.3. The number of carboxylic acid groups (broad SMARTS) is 1. The number of nitrogens with zero attached hydrogens (tertiary/aromatic N) is 4. The summed E-state index contributed by atoms with van der Waals surface area (Å²) in [6, 6.07) is 12.5. The number of ether oxygens (including phenoxy) is 1. The number of carboxylic acids is 1. The van der Waals surface area contributed by atoms with Crippen molar-refractivity contribution in [2.45, 2.75) is 37.8 Å². The minimum Gasteiger partial charge on any atom is -0.481 e. The highest BCUT2D eigenvalue weighted by molar-refractivity contribution is 7.89. The number of hydrogen-bond donors (Lipinski definition) is 2. The lowest BCUT2D eigenvalue weighted by Gasteiger charge is -2.17. The molecule has 0 aliphatic carbocycles. The summed E-state index contributed by atoms with van der Waals surface area (Å²) in [6.07, 6.45) is 3.75. The lowest BCUT2D eigenvalue weighted by Crippen LogP contribution is -2.15. The number of hydrogen-bond acceptors (Lipinski definition) is 7. The fourth-order valence-electron chi connectivity index (χ4n) is 3.96. The predicted octanol–water partition coefficient (Wildman–Crippen LogP) is 3.45. The van der Waals surface area contributed by atoms with Gasteiger partial charge in [-0.2, -0.15) is 0 Å². The average molecular weight is 526 g/mol. The minimum atomic E-state index is -4.35. The van der Waals surface area contributed by atoms with Gasteiger partial charge in [0.05, 0.1) is 12.6 Å². The summed E-state index contributed by atoms with van der Waals surface area (Å²) in [6.45, 7) is 3.97. The Morgan fingerprint density at radius 1 is 1.16 bits per heavy atom. The third-order valence-electron chi connectivity index (χ3n) is 5.58. The number of benzene rings is 1. The molecule has 0 saturated carbocycles. The molecule has 0 amide bonds. The van der Waals surface area contributed by atoms with Gasteiger partial charge in [0.15, 0.2) is 11.6 Å². The smallest absolute Gasteiger partial charge is 0.307 e. The van der Waals surface area contributed by atoms with E-state index in [0.29, 0.717) is 5.56 Å². The van der Waals surface area contributed by atoms with Gasteiger partial charge in [-0.1, -0.05) is 38.1 Å². The number of primary sulfonamides is 1. The Balaban J connectivity index is 1.64. The molecule has 4 rings (SSSR count). The fraction of sp³-hybridized carbons (Fsp3) is 0.200. The molecule has 1 aromatic carbocycles. The molecule has 0 saturated heterocycles. The van der Waals surface area contributed by atoms with Crippen molar-refractivity contribution < 1.29 is 27.4 Å². The topological polar surface area (TPSA) is 150 Å². The van der Waals surface area contributed by atoms with E-state index in [-0.39, 0.29) is 30.6 Å². The van der Waals surface area contributed by atoms with E-state index in [4.69, 9.17) is 9.88 Å². The maximum atomic E-state index is 14.1. The van der Waals surface area contributed by atoms with Crippen molar-refractivity contribution in [3.05, 3.63) is 83.6 Å². The van der Waals surface area contributed by atoms with Crippen molar-refractivity contribution in [3.8, 4) is 22.8 Å². The van der Waals surface area contributed by atoms with Gasteiger partial charge in [0.25, 0.3) is 10.0 Å². The van der Waals surface area contributed by atoms with Crippen LogP contribution < -0.4 is 9.88 Å². The molecule has 3 heterocycles. The van der Waals surface area contributed by atoms with Gasteiger partial charge in [-0.05, 0) is 40.3 Å². The zero-order chi connectivity index (χ0) is 26.7. The molecule has 10 nitrogen and oxygen atoms in total. The third-order valence-corrected chi connectivity index (χ3v) is 6.39. The van der Waals surface area contributed by atoms with Crippen molar-refractivity contribution in [3.63, 3.8) is 0 Å². The largest absolute Gasteiger partial charge is 0.481 e. The zero-order valence-corrected chi connectivity index (χ0v) is 20.8. The highest BCUT2D eigenvalue weighted by atomic mass is 32.2. The fourth-order valence-corrected chi connectivity index (χ4v) is 4.49. The molecule has 0 fully saturated rings. The third kappa shape index (κ3) is 5.81. The Hall–Kier alpha value is -4.16. The van der Waals surface area contributed by atoms with Gasteiger partial charge in [0, 0.05) is 24.0 Å². The normalized spacial score (nSPS) is 11.6. The Morgan fingerprint density at radius 2 is 1.95 bits per heavy atom. The average Bonchev–Trinajstić information content (AvgIpc) is 3.25. The van der Waals surface area contributed by atoms with Crippen LogP contribution in [0.1, 0.15) is 36.5 Å². The molecule has 0 atom stereocenters. The van der Waals surface area contributed by atoms with Crippen LogP contribution in [-0.4, -0.2) is 39.2 Å². The predicted molar refractivity (Wildman–Crippen MR) is 132 cm³/mol. The van der Waals surface area contributed by atoms with Crippen LogP contribution in [0, 0.1) is 5.82 Å². The van der Waals surface area contributed by atoms with Gasteiger partial charge < -0.3 is 9.84 Å². The number of pyridine rings is 2. The van der Waals surface area contributed by atoms with Gasteiger partial charge in [-0.25, -0.2) is 32.6 Å². The van der Waals surface area contributed by atoms with Crippen molar-refractivity contribution in [1.29, 1.82) is 0 Å². The molecule has 0 bridgehead atoms. The van der Waals surface area contributed by atoms with E-state index in [0.717, 1.165) is 33.1 Å².